The Morgan fingerprint density at radius 2 is 1.96 bits per heavy atom. The summed E-state index contributed by atoms with van der Waals surface area (Å²) < 4.78 is 32.8. The van der Waals surface area contributed by atoms with Crippen LogP contribution in [0.25, 0.3) is 0 Å². The van der Waals surface area contributed by atoms with Crippen molar-refractivity contribution in [2.75, 3.05) is 5.32 Å². The van der Waals surface area contributed by atoms with Crippen molar-refractivity contribution in [3.8, 4) is 0 Å². The predicted molar refractivity (Wildman–Crippen MR) is 88.0 cm³/mol. The Morgan fingerprint density at radius 1 is 1.33 bits per heavy atom. The summed E-state index contributed by atoms with van der Waals surface area (Å²) in [6.07, 6.45) is -3.29. The maximum absolute atomic E-state index is 10.6. The van der Waals surface area contributed by atoms with Gasteiger partial charge in [-0.15, -0.1) is 0 Å². The van der Waals surface area contributed by atoms with E-state index in [9.17, 15) is 13.2 Å². The predicted octanol–water partition coefficient (Wildman–Crippen LogP) is 3.99. The Labute approximate surface area is 144 Å². The highest BCUT2D eigenvalue weighted by Gasteiger charge is 2.38. The monoisotopic (exact) mass is 405 g/mol. The Kier molecular flexibility index (Phi) is 7.18. The summed E-state index contributed by atoms with van der Waals surface area (Å²) >= 11 is 3.45. The molecule has 0 aliphatic heterocycles. The molecule has 130 valence electrons. The van der Waals surface area contributed by atoms with Gasteiger partial charge in [0.2, 0.25) is 0 Å². The maximum Gasteiger partial charge on any atom is 0.490 e. The number of benzene rings is 1. The number of alkyl halides is 3. The van der Waals surface area contributed by atoms with Gasteiger partial charge in [-0.05, 0) is 42.8 Å². The molecule has 1 aromatic carbocycles. The lowest BCUT2D eigenvalue weighted by atomic mass is 10.2. The zero-order valence-corrected chi connectivity index (χ0v) is 14.1. The molecule has 1 aromatic heterocycles. The number of nitrogens with two attached hydrogens (primary N) is 1. The van der Waals surface area contributed by atoms with Gasteiger partial charge in [0.1, 0.15) is 0 Å². The molecule has 24 heavy (non-hydrogen) atoms. The molecule has 0 spiro atoms. The van der Waals surface area contributed by atoms with Gasteiger partial charge in [0.25, 0.3) is 0 Å². The standard InChI is InChI=1S/C13H14BrN3.C2HF3O2/c1-9-6-10(14)2-5-13(9)17-12-4-3-11(7-15)16-8-12;3-2(4,5)1(6)7/h2-6,8,17H,7,15H2,1H3;(H,6,7). The lowest BCUT2D eigenvalue weighted by molar-refractivity contribution is -0.192. The Morgan fingerprint density at radius 3 is 2.38 bits per heavy atom. The van der Waals surface area contributed by atoms with Crippen molar-refractivity contribution in [2.24, 2.45) is 5.73 Å². The van der Waals surface area contributed by atoms with Gasteiger partial charge >= 0.3 is 12.1 Å². The summed E-state index contributed by atoms with van der Waals surface area (Å²) in [6.45, 7) is 2.53. The number of hydrogen-bond acceptors (Lipinski definition) is 4. The fourth-order valence-corrected chi connectivity index (χ4v) is 2.02. The van der Waals surface area contributed by atoms with Gasteiger partial charge in [0.15, 0.2) is 0 Å². The number of rotatable bonds is 3. The minimum Gasteiger partial charge on any atom is -0.475 e. The van der Waals surface area contributed by atoms with E-state index in [0.29, 0.717) is 6.54 Å². The van der Waals surface area contributed by atoms with Gasteiger partial charge in [-0.3, -0.25) is 4.98 Å². The van der Waals surface area contributed by atoms with Gasteiger partial charge in [-0.25, -0.2) is 4.79 Å². The molecule has 9 heteroatoms. The van der Waals surface area contributed by atoms with E-state index in [1.165, 1.54) is 5.56 Å². The first-order valence-electron chi connectivity index (χ1n) is 6.61. The van der Waals surface area contributed by atoms with Crippen LogP contribution in [0.5, 0.6) is 0 Å². The first kappa shape index (κ1) is 19.9. The number of aliphatic carboxylic acids is 1. The van der Waals surface area contributed by atoms with Crippen molar-refractivity contribution in [3.05, 3.63) is 52.3 Å². The number of nitrogens with one attached hydrogen (secondary N) is 1. The fraction of sp³-hybridized carbons (Fsp3) is 0.200. The zero-order valence-electron chi connectivity index (χ0n) is 12.6. The number of carbonyl (C=O) groups is 1. The van der Waals surface area contributed by atoms with E-state index >= 15 is 0 Å². The minimum atomic E-state index is -5.08. The average Bonchev–Trinajstić information content (AvgIpc) is 2.50. The van der Waals surface area contributed by atoms with Crippen LogP contribution in [-0.2, 0) is 11.3 Å². The Balaban J connectivity index is 0.000000351. The summed E-state index contributed by atoms with van der Waals surface area (Å²) in [5, 5.41) is 10.5. The van der Waals surface area contributed by atoms with E-state index < -0.39 is 12.1 Å². The maximum atomic E-state index is 10.6. The van der Waals surface area contributed by atoms with E-state index in [-0.39, 0.29) is 0 Å². The van der Waals surface area contributed by atoms with Crippen LogP contribution in [0.3, 0.4) is 0 Å². The van der Waals surface area contributed by atoms with E-state index in [1.807, 2.05) is 24.3 Å². The lowest BCUT2D eigenvalue weighted by Gasteiger charge is -2.09. The molecule has 4 N–H and O–H groups in total. The van der Waals surface area contributed by atoms with Gasteiger partial charge in [-0.1, -0.05) is 15.9 Å². The Bertz CT molecular complexity index is 691. The van der Waals surface area contributed by atoms with Crippen molar-refractivity contribution in [1.82, 2.24) is 4.98 Å². The third-order valence-electron chi connectivity index (χ3n) is 2.74. The zero-order chi connectivity index (χ0) is 18.3. The van der Waals surface area contributed by atoms with E-state index in [0.717, 1.165) is 21.5 Å². The van der Waals surface area contributed by atoms with Gasteiger partial charge in [0.05, 0.1) is 17.6 Å². The molecule has 1 heterocycles. The van der Waals surface area contributed by atoms with Crippen LogP contribution < -0.4 is 11.1 Å². The Hall–Kier alpha value is -2.13. The first-order chi connectivity index (χ1) is 11.1. The molecule has 0 saturated heterocycles. The third-order valence-corrected chi connectivity index (χ3v) is 3.24. The molecule has 2 aromatic rings. The fourth-order valence-electron chi connectivity index (χ4n) is 1.54. The number of aromatic nitrogens is 1. The molecule has 0 bridgehead atoms. The van der Waals surface area contributed by atoms with Gasteiger partial charge in [-0.2, -0.15) is 13.2 Å². The molecular formula is C15H15BrF3N3O2. The number of pyridine rings is 1. The van der Waals surface area contributed by atoms with Crippen LogP contribution in [0.4, 0.5) is 24.5 Å². The summed E-state index contributed by atoms with van der Waals surface area (Å²) in [5.41, 5.74) is 9.62. The highest BCUT2D eigenvalue weighted by atomic mass is 79.9. The van der Waals surface area contributed by atoms with Crippen LogP contribution in [0.1, 0.15) is 11.3 Å². The number of anilines is 2. The molecule has 0 amide bonds. The first-order valence-corrected chi connectivity index (χ1v) is 7.41. The molecule has 0 aliphatic carbocycles. The molecule has 5 nitrogen and oxygen atoms in total. The molecule has 0 unspecified atom stereocenters. The summed E-state index contributed by atoms with van der Waals surface area (Å²) in [7, 11) is 0. The quantitative estimate of drug-likeness (QED) is 0.718. The average molecular weight is 406 g/mol. The topological polar surface area (TPSA) is 88.2 Å². The summed E-state index contributed by atoms with van der Waals surface area (Å²) in [4.78, 5) is 13.1. The van der Waals surface area contributed by atoms with Crippen molar-refractivity contribution in [2.45, 2.75) is 19.6 Å². The SMILES string of the molecule is Cc1cc(Br)ccc1Nc1ccc(CN)nc1.O=C(O)C(F)(F)F. The minimum absolute atomic E-state index is 0.470. The number of nitrogens with zero attached hydrogens (tertiary/aromatic N) is 1. The second kappa shape index (κ2) is 8.65. The second-order valence-corrected chi connectivity index (χ2v) is 5.55. The van der Waals surface area contributed by atoms with Crippen LogP contribution in [-0.4, -0.2) is 22.2 Å². The molecule has 0 saturated carbocycles. The van der Waals surface area contributed by atoms with Crippen molar-refractivity contribution >= 4 is 33.3 Å². The number of hydrogen-bond donors (Lipinski definition) is 3. The smallest absolute Gasteiger partial charge is 0.475 e. The van der Waals surface area contributed by atoms with E-state index in [4.69, 9.17) is 15.6 Å². The van der Waals surface area contributed by atoms with Crippen LogP contribution >= 0.6 is 15.9 Å². The van der Waals surface area contributed by atoms with Crippen molar-refractivity contribution in [1.29, 1.82) is 0 Å². The van der Waals surface area contributed by atoms with E-state index in [2.05, 4.69) is 39.2 Å². The number of aryl methyl sites for hydroxylation is 1. The highest BCUT2D eigenvalue weighted by Crippen LogP contribution is 2.23. The number of carboxylic acids is 1. The third kappa shape index (κ3) is 6.55. The van der Waals surface area contributed by atoms with Crippen molar-refractivity contribution < 1.29 is 23.1 Å². The molecule has 0 radical (unpaired) electrons. The largest absolute Gasteiger partial charge is 0.490 e. The van der Waals surface area contributed by atoms with Gasteiger partial charge < -0.3 is 16.2 Å². The van der Waals surface area contributed by atoms with Crippen LogP contribution in [0.15, 0.2) is 41.0 Å². The van der Waals surface area contributed by atoms with Crippen molar-refractivity contribution in [3.63, 3.8) is 0 Å². The molecule has 2 rings (SSSR count). The highest BCUT2D eigenvalue weighted by molar-refractivity contribution is 9.10. The second-order valence-electron chi connectivity index (χ2n) is 4.63. The number of halogens is 4. The van der Waals surface area contributed by atoms with E-state index in [1.54, 1.807) is 6.20 Å². The molecule has 0 aliphatic rings. The van der Waals surface area contributed by atoms with Crippen LogP contribution in [0, 0.1) is 6.92 Å². The summed E-state index contributed by atoms with van der Waals surface area (Å²) in [5.74, 6) is -2.76. The normalized spacial score (nSPS) is 10.6. The molecular weight excluding hydrogens is 391 g/mol. The van der Waals surface area contributed by atoms with Crippen LogP contribution in [0.2, 0.25) is 0 Å². The summed E-state index contributed by atoms with van der Waals surface area (Å²) in [6, 6.07) is 10.0. The lowest BCUT2D eigenvalue weighted by Crippen LogP contribution is -2.21. The van der Waals surface area contributed by atoms with Gasteiger partial charge in [0, 0.05) is 16.7 Å². The molecule has 0 atom stereocenters. The number of carboxylic acid groups (broad SMARTS) is 1. The molecule has 0 fully saturated rings.